The van der Waals surface area contributed by atoms with Crippen molar-refractivity contribution in [2.75, 3.05) is 14.2 Å². The molecule has 0 unspecified atom stereocenters. The standard InChI is InChI=1S/C12H17NO2Si/c1-9-5-11(8-16(14-3)15-4)6-10(2)12(9)7-13/h5-6,16H,8H2,1-4H3. The van der Waals surface area contributed by atoms with Crippen molar-refractivity contribution in [2.24, 2.45) is 0 Å². The number of hydrogen-bond donors (Lipinski definition) is 0. The summed E-state index contributed by atoms with van der Waals surface area (Å²) < 4.78 is 10.6. The van der Waals surface area contributed by atoms with Gasteiger partial charge in [0.25, 0.3) is 0 Å². The molecule has 0 aliphatic heterocycles. The molecule has 0 aliphatic carbocycles. The van der Waals surface area contributed by atoms with E-state index in [1.165, 1.54) is 5.56 Å². The van der Waals surface area contributed by atoms with Crippen molar-refractivity contribution in [1.82, 2.24) is 0 Å². The molecular formula is C12H17NO2Si. The van der Waals surface area contributed by atoms with Crippen molar-refractivity contribution < 1.29 is 8.85 Å². The highest BCUT2D eigenvalue weighted by molar-refractivity contribution is 6.43. The fraction of sp³-hybridized carbons (Fsp3) is 0.417. The zero-order valence-corrected chi connectivity index (χ0v) is 11.4. The van der Waals surface area contributed by atoms with Gasteiger partial charge in [-0.2, -0.15) is 5.26 Å². The van der Waals surface area contributed by atoms with Crippen LogP contribution in [-0.4, -0.2) is 23.5 Å². The lowest BCUT2D eigenvalue weighted by atomic mass is 10.0. The van der Waals surface area contributed by atoms with E-state index in [9.17, 15) is 0 Å². The molecule has 0 fully saturated rings. The average Bonchev–Trinajstić information content (AvgIpc) is 2.25. The van der Waals surface area contributed by atoms with Gasteiger partial charge in [0.15, 0.2) is 0 Å². The second kappa shape index (κ2) is 5.80. The third kappa shape index (κ3) is 2.92. The van der Waals surface area contributed by atoms with Crippen LogP contribution in [-0.2, 0) is 14.9 Å². The third-order valence-corrected chi connectivity index (χ3v) is 4.49. The molecule has 16 heavy (non-hydrogen) atoms. The second-order valence-electron chi connectivity index (χ2n) is 3.82. The molecule has 86 valence electrons. The molecule has 1 aromatic carbocycles. The smallest absolute Gasteiger partial charge is 0.325 e. The molecule has 4 heteroatoms. The van der Waals surface area contributed by atoms with Crippen molar-refractivity contribution >= 4 is 9.28 Å². The molecule has 0 heterocycles. The zero-order valence-electron chi connectivity index (χ0n) is 10.2. The maximum absolute atomic E-state index is 8.97. The molecule has 0 saturated carbocycles. The molecule has 0 radical (unpaired) electrons. The third-order valence-electron chi connectivity index (χ3n) is 2.63. The summed E-state index contributed by atoms with van der Waals surface area (Å²) in [6.07, 6.45) is 0. The minimum Gasteiger partial charge on any atom is -0.400 e. The number of aryl methyl sites for hydroxylation is 2. The second-order valence-corrected chi connectivity index (χ2v) is 6.03. The van der Waals surface area contributed by atoms with Crippen LogP contribution in [0.4, 0.5) is 0 Å². The number of benzene rings is 1. The minimum atomic E-state index is -1.57. The van der Waals surface area contributed by atoms with Crippen molar-refractivity contribution in [1.29, 1.82) is 5.26 Å². The van der Waals surface area contributed by atoms with Gasteiger partial charge in [-0.3, -0.25) is 0 Å². The molecule has 0 aliphatic rings. The number of rotatable bonds is 4. The molecule has 0 bridgehead atoms. The highest BCUT2D eigenvalue weighted by atomic mass is 28.3. The van der Waals surface area contributed by atoms with Crippen LogP contribution in [0.1, 0.15) is 22.3 Å². The number of nitrogens with zero attached hydrogens (tertiary/aromatic N) is 1. The first-order valence-electron chi connectivity index (χ1n) is 5.18. The Bertz CT molecular complexity index is 385. The van der Waals surface area contributed by atoms with E-state index in [4.69, 9.17) is 14.1 Å². The Balaban J connectivity index is 2.96. The van der Waals surface area contributed by atoms with Gasteiger partial charge in [0.2, 0.25) is 0 Å². The Morgan fingerprint density at radius 2 is 1.69 bits per heavy atom. The SMILES string of the molecule is CO[SiH](Cc1cc(C)c(C#N)c(C)c1)OC. The van der Waals surface area contributed by atoms with Crippen molar-refractivity contribution in [3.63, 3.8) is 0 Å². The van der Waals surface area contributed by atoms with Crippen molar-refractivity contribution in [3.8, 4) is 6.07 Å². The summed E-state index contributed by atoms with van der Waals surface area (Å²) in [6, 6.07) is 7.15. The summed E-state index contributed by atoms with van der Waals surface area (Å²) in [5, 5.41) is 8.97. The molecule has 0 spiro atoms. The van der Waals surface area contributed by atoms with Crippen molar-refractivity contribution in [3.05, 3.63) is 34.4 Å². The zero-order chi connectivity index (χ0) is 12.1. The van der Waals surface area contributed by atoms with Gasteiger partial charge >= 0.3 is 9.28 Å². The maximum atomic E-state index is 8.97. The highest BCUT2D eigenvalue weighted by Crippen LogP contribution is 2.16. The van der Waals surface area contributed by atoms with Gasteiger partial charge in [0.1, 0.15) is 0 Å². The minimum absolute atomic E-state index is 0.775. The van der Waals surface area contributed by atoms with Crippen molar-refractivity contribution in [2.45, 2.75) is 19.9 Å². The summed E-state index contributed by atoms with van der Waals surface area (Å²) in [7, 11) is 1.80. The van der Waals surface area contributed by atoms with E-state index in [2.05, 4.69) is 6.07 Å². The lowest BCUT2D eigenvalue weighted by Gasteiger charge is -2.12. The summed E-state index contributed by atoms with van der Waals surface area (Å²) in [5.41, 5.74) is 4.01. The molecule has 0 atom stereocenters. The summed E-state index contributed by atoms with van der Waals surface area (Å²) >= 11 is 0. The van der Waals surface area contributed by atoms with Gasteiger partial charge in [-0.25, -0.2) is 0 Å². The normalized spacial score (nSPS) is 10.5. The van der Waals surface area contributed by atoms with Gasteiger partial charge in [0.05, 0.1) is 11.6 Å². The van der Waals surface area contributed by atoms with Crippen LogP contribution in [0.15, 0.2) is 12.1 Å². The first-order chi connectivity index (χ1) is 7.62. The van der Waals surface area contributed by atoms with Crippen LogP contribution in [0.5, 0.6) is 0 Å². The van der Waals surface area contributed by atoms with Crippen LogP contribution < -0.4 is 0 Å². The number of nitriles is 1. The van der Waals surface area contributed by atoms with Crippen LogP contribution in [0.3, 0.4) is 0 Å². The predicted octanol–water partition coefficient (Wildman–Crippen LogP) is 1.77. The van der Waals surface area contributed by atoms with E-state index >= 15 is 0 Å². The Morgan fingerprint density at radius 1 is 1.19 bits per heavy atom. The summed E-state index contributed by atoms with van der Waals surface area (Å²) in [6.45, 7) is 3.93. The summed E-state index contributed by atoms with van der Waals surface area (Å²) in [4.78, 5) is 0. The quantitative estimate of drug-likeness (QED) is 0.747. The van der Waals surface area contributed by atoms with Gasteiger partial charge in [-0.15, -0.1) is 0 Å². The van der Waals surface area contributed by atoms with E-state index in [-0.39, 0.29) is 0 Å². The molecule has 0 saturated heterocycles. The van der Waals surface area contributed by atoms with Crippen LogP contribution in [0.2, 0.25) is 0 Å². The van der Waals surface area contributed by atoms with Crippen LogP contribution >= 0.6 is 0 Å². The van der Waals surface area contributed by atoms with Crippen LogP contribution in [0, 0.1) is 25.2 Å². The molecule has 0 amide bonds. The van der Waals surface area contributed by atoms with Gasteiger partial charge < -0.3 is 8.85 Å². The fourth-order valence-corrected chi connectivity index (χ4v) is 2.95. The lowest BCUT2D eigenvalue weighted by Crippen LogP contribution is -2.22. The molecule has 1 rings (SSSR count). The summed E-state index contributed by atoms with van der Waals surface area (Å²) in [5.74, 6) is 0. The number of hydrogen-bond acceptors (Lipinski definition) is 3. The Hall–Kier alpha value is -1.15. The van der Waals surface area contributed by atoms with Gasteiger partial charge in [-0.05, 0) is 30.5 Å². The molecular weight excluding hydrogens is 218 g/mol. The van der Waals surface area contributed by atoms with E-state index in [1.807, 2.05) is 26.0 Å². The van der Waals surface area contributed by atoms with Crippen LogP contribution in [0.25, 0.3) is 0 Å². The topological polar surface area (TPSA) is 42.2 Å². The Kier molecular flexibility index (Phi) is 4.68. The molecule has 3 nitrogen and oxygen atoms in total. The van der Waals surface area contributed by atoms with E-state index in [0.29, 0.717) is 0 Å². The predicted molar refractivity (Wildman–Crippen MR) is 65.5 cm³/mol. The first-order valence-corrected chi connectivity index (χ1v) is 6.94. The van der Waals surface area contributed by atoms with E-state index < -0.39 is 9.28 Å². The Morgan fingerprint density at radius 3 is 2.06 bits per heavy atom. The lowest BCUT2D eigenvalue weighted by molar-refractivity contribution is 0.277. The van der Waals surface area contributed by atoms with E-state index in [1.54, 1.807) is 14.2 Å². The fourth-order valence-electron chi connectivity index (χ4n) is 1.80. The first kappa shape index (κ1) is 12.9. The van der Waals surface area contributed by atoms with E-state index in [0.717, 1.165) is 22.7 Å². The highest BCUT2D eigenvalue weighted by Gasteiger charge is 2.12. The molecule has 1 aromatic rings. The average molecular weight is 235 g/mol. The van der Waals surface area contributed by atoms with Gasteiger partial charge in [0, 0.05) is 20.3 Å². The van der Waals surface area contributed by atoms with Gasteiger partial charge in [-0.1, -0.05) is 12.1 Å². The maximum Gasteiger partial charge on any atom is 0.325 e. The monoisotopic (exact) mass is 235 g/mol. The molecule has 0 aromatic heterocycles. The largest absolute Gasteiger partial charge is 0.400 e. The molecule has 0 N–H and O–H groups in total. The Labute approximate surface area is 98.5 Å².